The van der Waals surface area contributed by atoms with Crippen molar-refractivity contribution in [2.75, 3.05) is 40.6 Å². The van der Waals surface area contributed by atoms with Crippen LogP contribution in [0.15, 0.2) is 18.2 Å². The van der Waals surface area contributed by atoms with E-state index in [1.54, 1.807) is 14.2 Å². The Morgan fingerprint density at radius 3 is 2.51 bits per heavy atom. The number of benzene rings is 1. The van der Waals surface area contributed by atoms with Crippen molar-refractivity contribution in [2.45, 2.75) is 78.0 Å². The quantitative estimate of drug-likeness (QED) is 0.239. The summed E-state index contributed by atoms with van der Waals surface area (Å²) in [7, 11) is 3.33. The second-order valence-electron chi connectivity index (χ2n) is 12.1. The molecule has 1 saturated heterocycles. The van der Waals surface area contributed by atoms with E-state index in [1.165, 1.54) is 0 Å². The Kier molecular flexibility index (Phi) is 12.4. The number of nitrogens with one attached hydrogen (secondary N) is 1. The van der Waals surface area contributed by atoms with E-state index in [0.717, 1.165) is 37.2 Å². The Labute approximate surface area is 235 Å². The molecule has 8 nitrogen and oxygen atoms in total. The number of carbonyl (C=O) groups is 1. The first kappa shape index (κ1) is 31.7. The molecule has 0 radical (unpaired) electrons. The average Bonchev–Trinajstić information content (AvgIpc) is 3.32. The highest BCUT2D eigenvalue weighted by molar-refractivity contribution is 5.79. The van der Waals surface area contributed by atoms with Crippen LogP contribution >= 0.6 is 0 Å². The SMILES string of the molecule is COCCCOc1cc(CC(CC(N)C(O)CC(C(=O)NCC2C3CCOC32)C(C)C)C(C)C)ccc1OC. The fourth-order valence-electron chi connectivity index (χ4n) is 5.86. The van der Waals surface area contributed by atoms with Crippen LogP contribution in [0, 0.1) is 35.5 Å². The van der Waals surface area contributed by atoms with Gasteiger partial charge in [0.15, 0.2) is 11.5 Å². The summed E-state index contributed by atoms with van der Waals surface area (Å²) in [6.07, 6.45) is 3.34. The fraction of sp³-hybridized carbons (Fsp3) is 0.774. The molecule has 1 aromatic carbocycles. The standard InChI is InChI=1S/C31H52N2O6/c1-19(2)22(14-21-8-9-28(37-6)29(15-21)38-12-7-11-36-5)16-26(32)27(34)17-24(20(3)4)31(35)33-18-25-23-10-13-39-30(23)25/h8-9,15,19-20,22-27,30,34H,7,10-14,16-18,32H2,1-6H3,(H,33,35). The van der Waals surface area contributed by atoms with Gasteiger partial charge in [0.05, 0.1) is 25.9 Å². The molecular formula is C31H52N2O6. The summed E-state index contributed by atoms with van der Waals surface area (Å²) in [4.78, 5) is 13.0. The summed E-state index contributed by atoms with van der Waals surface area (Å²) in [5, 5.41) is 14.2. The first-order chi connectivity index (χ1) is 18.7. The number of carbonyl (C=O) groups excluding carboxylic acids is 1. The van der Waals surface area contributed by atoms with Crippen LogP contribution in [0.3, 0.4) is 0 Å². The van der Waals surface area contributed by atoms with Crippen molar-refractivity contribution in [1.29, 1.82) is 0 Å². The Morgan fingerprint density at radius 1 is 1.13 bits per heavy atom. The van der Waals surface area contributed by atoms with Gasteiger partial charge in [-0.25, -0.2) is 0 Å². The minimum Gasteiger partial charge on any atom is -0.493 e. The number of hydrogen-bond acceptors (Lipinski definition) is 7. The highest BCUT2D eigenvalue weighted by Gasteiger charge is 2.54. The highest BCUT2D eigenvalue weighted by Crippen LogP contribution is 2.48. The molecule has 2 fully saturated rings. The van der Waals surface area contributed by atoms with Crippen LogP contribution in [0.1, 0.15) is 58.9 Å². The Hall–Kier alpha value is -1.87. The molecule has 1 aromatic rings. The third-order valence-electron chi connectivity index (χ3n) is 8.65. The van der Waals surface area contributed by atoms with E-state index in [-0.39, 0.29) is 23.7 Å². The minimum absolute atomic E-state index is 0.0119. The molecule has 2 aliphatic rings. The number of hydrogen-bond donors (Lipinski definition) is 3. The van der Waals surface area contributed by atoms with Crippen molar-refractivity contribution in [3.8, 4) is 11.5 Å². The number of amides is 1. The molecule has 1 aliphatic carbocycles. The third-order valence-corrected chi connectivity index (χ3v) is 8.65. The first-order valence-electron chi connectivity index (χ1n) is 14.8. The van der Waals surface area contributed by atoms with Crippen molar-refractivity contribution in [2.24, 2.45) is 41.2 Å². The molecule has 7 atom stereocenters. The van der Waals surface area contributed by atoms with Crippen molar-refractivity contribution in [3.63, 3.8) is 0 Å². The predicted octanol–water partition coefficient (Wildman–Crippen LogP) is 3.82. The van der Waals surface area contributed by atoms with Crippen molar-refractivity contribution < 1.29 is 28.8 Å². The molecule has 0 bridgehead atoms. The molecule has 4 N–H and O–H groups in total. The fourth-order valence-corrected chi connectivity index (χ4v) is 5.86. The molecule has 1 amide bonds. The van der Waals surface area contributed by atoms with Crippen LogP contribution in [0.5, 0.6) is 11.5 Å². The van der Waals surface area contributed by atoms with Crippen LogP contribution in [-0.4, -0.2) is 69.8 Å². The third kappa shape index (κ3) is 9.07. The Balaban J connectivity index is 1.54. The van der Waals surface area contributed by atoms with Crippen molar-refractivity contribution in [3.05, 3.63) is 23.8 Å². The Bertz CT molecular complexity index is 884. The molecule has 0 aromatic heterocycles. The van der Waals surface area contributed by atoms with Gasteiger partial charge in [-0.3, -0.25) is 4.79 Å². The summed E-state index contributed by atoms with van der Waals surface area (Å²) in [6.45, 7) is 11.2. The smallest absolute Gasteiger partial charge is 0.223 e. The van der Waals surface area contributed by atoms with E-state index >= 15 is 0 Å². The number of fused-ring (bicyclic) bond motifs is 1. The van der Waals surface area contributed by atoms with Gasteiger partial charge in [-0.15, -0.1) is 0 Å². The van der Waals surface area contributed by atoms with Gasteiger partial charge in [0, 0.05) is 51.2 Å². The lowest BCUT2D eigenvalue weighted by molar-refractivity contribution is -0.127. The number of ether oxygens (including phenoxy) is 4. The molecule has 39 heavy (non-hydrogen) atoms. The summed E-state index contributed by atoms with van der Waals surface area (Å²) in [5.74, 6) is 2.99. The number of aliphatic hydroxyl groups excluding tert-OH is 1. The van der Waals surface area contributed by atoms with E-state index < -0.39 is 12.1 Å². The lowest BCUT2D eigenvalue weighted by Crippen LogP contribution is -2.43. The zero-order valence-electron chi connectivity index (χ0n) is 24.9. The normalized spacial score (nSPS) is 23.3. The van der Waals surface area contributed by atoms with Crippen molar-refractivity contribution in [1.82, 2.24) is 5.32 Å². The van der Waals surface area contributed by atoms with Gasteiger partial charge >= 0.3 is 0 Å². The second-order valence-corrected chi connectivity index (χ2v) is 12.1. The molecule has 1 aliphatic heterocycles. The maximum Gasteiger partial charge on any atom is 0.223 e. The molecule has 0 spiro atoms. The number of nitrogens with two attached hydrogens (primary N) is 1. The minimum atomic E-state index is -0.747. The van der Waals surface area contributed by atoms with E-state index in [9.17, 15) is 9.90 Å². The first-order valence-corrected chi connectivity index (χ1v) is 14.8. The van der Waals surface area contributed by atoms with Gasteiger partial charge in [0.1, 0.15) is 0 Å². The highest BCUT2D eigenvalue weighted by atomic mass is 16.5. The van der Waals surface area contributed by atoms with Crippen molar-refractivity contribution >= 4 is 5.91 Å². The summed E-state index contributed by atoms with van der Waals surface area (Å²) in [5.41, 5.74) is 7.71. The zero-order valence-corrected chi connectivity index (χ0v) is 24.9. The van der Waals surface area contributed by atoms with E-state index in [4.69, 9.17) is 24.7 Å². The molecule has 1 heterocycles. The summed E-state index contributed by atoms with van der Waals surface area (Å²) < 4.78 is 22.3. The molecular weight excluding hydrogens is 496 g/mol. The maximum absolute atomic E-state index is 13.0. The number of rotatable bonds is 18. The summed E-state index contributed by atoms with van der Waals surface area (Å²) >= 11 is 0. The molecule has 1 saturated carbocycles. The molecule has 3 rings (SSSR count). The van der Waals surface area contributed by atoms with Crippen LogP contribution < -0.4 is 20.5 Å². The van der Waals surface area contributed by atoms with Crippen LogP contribution in [0.4, 0.5) is 0 Å². The lowest BCUT2D eigenvalue weighted by atomic mass is 9.81. The number of methoxy groups -OCH3 is 2. The van der Waals surface area contributed by atoms with Gasteiger partial charge in [-0.2, -0.15) is 0 Å². The number of aliphatic hydroxyl groups is 1. The van der Waals surface area contributed by atoms with E-state index in [0.29, 0.717) is 62.2 Å². The predicted molar refractivity (Wildman–Crippen MR) is 153 cm³/mol. The molecule has 8 heteroatoms. The van der Waals surface area contributed by atoms with Gasteiger partial charge in [-0.1, -0.05) is 33.8 Å². The largest absolute Gasteiger partial charge is 0.493 e. The van der Waals surface area contributed by atoms with Gasteiger partial charge < -0.3 is 35.1 Å². The monoisotopic (exact) mass is 548 g/mol. The lowest BCUT2D eigenvalue weighted by Gasteiger charge is -2.30. The molecule has 222 valence electrons. The van der Waals surface area contributed by atoms with Crippen LogP contribution in [0.25, 0.3) is 0 Å². The van der Waals surface area contributed by atoms with Gasteiger partial charge in [0.2, 0.25) is 5.91 Å². The van der Waals surface area contributed by atoms with Crippen LogP contribution in [0.2, 0.25) is 0 Å². The molecule has 7 unspecified atom stereocenters. The maximum atomic E-state index is 13.0. The van der Waals surface area contributed by atoms with Gasteiger partial charge in [0.25, 0.3) is 0 Å². The summed E-state index contributed by atoms with van der Waals surface area (Å²) in [6, 6.07) is 5.64. The second kappa shape index (κ2) is 15.2. The topological polar surface area (TPSA) is 112 Å². The van der Waals surface area contributed by atoms with Crippen LogP contribution in [-0.2, 0) is 20.7 Å². The Morgan fingerprint density at radius 2 is 1.90 bits per heavy atom. The zero-order chi connectivity index (χ0) is 28.5. The van der Waals surface area contributed by atoms with Gasteiger partial charge in [-0.05, 0) is 67.1 Å². The van der Waals surface area contributed by atoms with E-state index in [1.807, 2.05) is 26.0 Å². The van der Waals surface area contributed by atoms with E-state index in [2.05, 4.69) is 25.2 Å². The average molecular weight is 549 g/mol.